The van der Waals surface area contributed by atoms with E-state index in [2.05, 4.69) is 43.4 Å². The molecule has 0 aliphatic heterocycles. The van der Waals surface area contributed by atoms with Gasteiger partial charge in [-0.05, 0) is 34.7 Å². The maximum atomic E-state index is 12.0. The van der Waals surface area contributed by atoms with Gasteiger partial charge in [-0.3, -0.25) is 0 Å². The SMILES string of the molecule is CC(C)c1ccc(CNCc2ccc(S(=O)(=O)N(C)C)cc2)cc1. The highest BCUT2D eigenvalue weighted by Crippen LogP contribution is 2.15. The van der Waals surface area contributed by atoms with E-state index >= 15 is 0 Å². The average Bonchev–Trinajstić information content (AvgIpc) is 2.55. The lowest BCUT2D eigenvalue weighted by Gasteiger charge is -2.12. The van der Waals surface area contributed by atoms with E-state index in [1.165, 1.54) is 29.5 Å². The molecule has 2 aromatic rings. The van der Waals surface area contributed by atoms with Crippen molar-refractivity contribution in [2.24, 2.45) is 0 Å². The second-order valence-corrected chi connectivity index (χ2v) is 8.58. The van der Waals surface area contributed by atoms with Gasteiger partial charge in [-0.2, -0.15) is 0 Å². The van der Waals surface area contributed by atoms with E-state index in [0.29, 0.717) is 17.4 Å². The zero-order valence-corrected chi connectivity index (χ0v) is 15.6. The molecule has 0 heterocycles. The Hall–Kier alpha value is -1.69. The first-order chi connectivity index (χ1) is 11.3. The lowest BCUT2D eigenvalue weighted by atomic mass is 10.0. The van der Waals surface area contributed by atoms with Gasteiger partial charge in [-0.15, -0.1) is 0 Å². The van der Waals surface area contributed by atoms with Crippen LogP contribution in [0.25, 0.3) is 0 Å². The molecule has 5 heteroatoms. The van der Waals surface area contributed by atoms with E-state index in [1.54, 1.807) is 12.1 Å². The van der Waals surface area contributed by atoms with Crippen molar-refractivity contribution in [2.45, 2.75) is 37.8 Å². The summed E-state index contributed by atoms with van der Waals surface area (Å²) < 4.78 is 25.3. The van der Waals surface area contributed by atoms with Crippen LogP contribution in [0.3, 0.4) is 0 Å². The highest BCUT2D eigenvalue weighted by atomic mass is 32.2. The molecule has 0 atom stereocenters. The summed E-state index contributed by atoms with van der Waals surface area (Å²) in [5.41, 5.74) is 3.65. The van der Waals surface area contributed by atoms with Gasteiger partial charge in [0.25, 0.3) is 0 Å². The van der Waals surface area contributed by atoms with Crippen LogP contribution >= 0.6 is 0 Å². The quantitative estimate of drug-likeness (QED) is 0.836. The van der Waals surface area contributed by atoms with E-state index in [4.69, 9.17) is 0 Å². The molecule has 0 bridgehead atoms. The molecule has 2 rings (SSSR count). The van der Waals surface area contributed by atoms with Crippen molar-refractivity contribution in [2.75, 3.05) is 14.1 Å². The van der Waals surface area contributed by atoms with Gasteiger partial charge >= 0.3 is 0 Å². The number of sulfonamides is 1. The highest BCUT2D eigenvalue weighted by molar-refractivity contribution is 7.89. The molecule has 0 saturated carbocycles. The number of nitrogens with zero attached hydrogens (tertiary/aromatic N) is 1. The summed E-state index contributed by atoms with van der Waals surface area (Å²) in [6, 6.07) is 15.7. The predicted octanol–water partition coefficient (Wildman–Crippen LogP) is 3.35. The molecule has 0 aliphatic carbocycles. The lowest BCUT2D eigenvalue weighted by molar-refractivity contribution is 0.520. The smallest absolute Gasteiger partial charge is 0.242 e. The summed E-state index contributed by atoms with van der Waals surface area (Å²) in [6.45, 7) is 5.87. The second kappa shape index (κ2) is 7.92. The number of hydrogen-bond donors (Lipinski definition) is 1. The zero-order valence-electron chi connectivity index (χ0n) is 14.8. The fourth-order valence-corrected chi connectivity index (χ4v) is 3.26. The topological polar surface area (TPSA) is 49.4 Å². The van der Waals surface area contributed by atoms with Crippen LogP contribution < -0.4 is 5.32 Å². The summed E-state index contributed by atoms with van der Waals surface area (Å²) >= 11 is 0. The normalized spacial score (nSPS) is 12.1. The van der Waals surface area contributed by atoms with Crippen LogP contribution in [0, 0.1) is 0 Å². The van der Waals surface area contributed by atoms with Crippen molar-refractivity contribution in [1.82, 2.24) is 9.62 Å². The summed E-state index contributed by atoms with van der Waals surface area (Å²) in [7, 11) is -0.281. The molecule has 2 aromatic carbocycles. The minimum Gasteiger partial charge on any atom is -0.309 e. The molecule has 0 spiro atoms. The molecular formula is C19H26N2O2S. The molecule has 0 fully saturated rings. The Bertz CT molecular complexity index is 749. The van der Waals surface area contributed by atoms with E-state index in [-0.39, 0.29) is 0 Å². The van der Waals surface area contributed by atoms with Crippen LogP contribution in [0.15, 0.2) is 53.4 Å². The molecule has 4 nitrogen and oxygen atoms in total. The number of rotatable bonds is 7. The van der Waals surface area contributed by atoms with Gasteiger partial charge < -0.3 is 5.32 Å². The third kappa shape index (κ3) is 4.66. The van der Waals surface area contributed by atoms with E-state index in [0.717, 1.165) is 12.1 Å². The minimum atomic E-state index is -3.36. The molecular weight excluding hydrogens is 320 g/mol. The average molecular weight is 346 g/mol. The van der Waals surface area contributed by atoms with E-state index in [9.17, 15) is 8.42 Å². The Kier molecular flexibility index (Phi) is 6.15. The Morgan fingerprint density at radius 2 is 1.33 bits per heavy atom. The first-order valence-electron chi connectivity index (χ1n) is 8.11. The number of nitrogens with one attached hydrogen (secondary N) is 1. The maximum Gasteiger partial charge on any atom is 0.242 e. The molecule has 0 aromatic heterocycles. The molecule has 0 radical (unpaired) electrons. The van der Waals surface area contributed by atoms with Crippen molar-refractivity contribution < 1.29 is 8.42 Å². The van der Waals surface area contributed by atoms with Crippen molar-refractivity contribution in [3.8, 4) is 0 Å². The van der Waals surface area contributed by atoms with Crippen molar-refractivity contribution in [1.29, 1.82) is 0 Å². The second-order valence-electron chi connectivity index (χ2n) is 6.43. The van der Waals surface area contributed by atoms with Crippen LogP contribution in [0.1, 0.15) is 36.5 Å². The van der Waals surface area contributed by atoms with E-state index < -0.39 is 10.0 Å². The Balaban J connectivity index is 1.91. The van der Waals surface area contributed by atoms with Gasteiger partial charge in [0.1, 0.15) is 0 Å². The predicted molar refractivity (Wildman–Crippen MR) is 98.4 cm³/mol. The Labute approximate surface area is 145 Å². The minimum absolute atomic E-state index is 0.320. The zero-order chi connectivity index (χ0) is 17.7. The third-order valence-electron chi connectivity index (χ3n) is 4.01. The molecule has 0 unspecified atom stereocenters. The molecule has 130 valence electrons. The Morgan fingerprint density at radius 3 is 1.75 bits per heavy atom. The summed E-state index contributed by atoms with van der Waals surface area (Å²) in [5, 5.41) is 3.39. The molecule has 24 heavy (non-hydrogen) atoms. The fraction of sp³-hybridized carbons (Fsp3) is 0.368. The summed E-state index contributed by atoms with van der Waals surface area (Å²) in [5.74, 6) is 0.545. The standard InChI is InChI=1S/C19H26N2O2S/c1-15(2)18-9-5-16(6-10-18)13-20-14-17-7-11-19(12-8-17)24(22,23)21(3)4/h5-12,15,20H,13-14H2,1-4H3. The van der Waals surface area contributed by atoms with Gasteiger partial charge in [0.2, 0.25) is 10.0 Å². The Morgan fingerprint density at radius 1 is 0.875 bits per heavy atom. The van der Waals surface area contributed by atoms with Gasteiger partial charge in [-0.1, -0.05) is 50.2 Å². The van der Waals surface area contributed by atoms with Crippen molar-refractivity contribution >= 4 is 10.0 Å². The van der Waals surface area contributed by atoms with Gasteiger partial charge in [0.15, 0.2) is 0 Å². The van der Waals surface area contributed by atoms with Crippen LogP contribution in [-0.2, 0) is 23.1 Å². The van der Waals surface area contributed by atoms with Crippen LogP contribution in [-0.4, -0.2) is 26.8 Å². The van der Waals surface area contributed by atoms with Crippen molar-refractivity contribution in [3.05, 3.63) is 65.2 Å². The van der Waals surface area contributed by atoms with Crippen LogP contribution in [0.4, 0.5) is 0 Å². The largest absolute Gasteiger partial charge is 0.309 e. The summed E-state index contributed by atoms with van der Waals surface area (Å²) in [6.07, 6.45) is 0. The van der Waals surface area contributed by atoms with Crippen molar-refractivity contribution in [3.63, 3.8) is 0 Å². The molecule has 1 N–H and O–H groups in total. The van der Waals surface area contributed by atoms with E-state index in [1.807, 2.05) is 12.1 Å². The molecule has 0 aliphatic rings. The molecule has 0 amide bonds. The first-order valence-corrected chi connectivity index (χ1v) is 9.55. The third-order valence-corrected chi connectivity index (χ3v) is 5.84. The van der Waals surface area contributed by atoms with Gasteiger partial charge in [0, 0.05) is 27.2 Å². The highest BCUT2D eigenvalue weighted by Gasteiger charge is 2.16. The fourth-order valence-electron chi connectivity index (χ4n) is 2.36. The summed E-state index contributed by atoms with van der Waals surface area (Å²) in [4.78, 5) is 0.320. The number of hydrogen-bond acceptors (Lipinski definition) is 3. The van der Waals surface area contributed by atoms with Gasteiger partial charge in [-0.25, -0.2) is 12.7 Å². The first kappa shape index (κ1) is 18.6. The number of benzene rings is 2. The van der Waals surface area contributed by atoms with Crippen LogP contribution in [0.5, 0.6) is 0 Å². The lowest BCUT2D eigenvalue weighted by Crippen LogP contribution is -2.22. The van der Waals surface area contributed by atoms with Gasteiger partial charge in [0.05, 0.1) is 4.90 Å². The maximum absolute atomic E-state index is 12.0. The van der Waals surface area contributed by atoms with Crippen LogP contribution in [0.2, 0.25) is 0 Å². The molecule has 0 saturated heterocycles. The monoisotopic (exact) mass is 346 g/mol.